The van der Waals surface area contributed by atoms with Gasteiger partial charge in [-0.25, -0.2) is 0 Å². The minimum absolute atomic E-state index is 0.00206. The molecule has 3 aliphatic rings. The average molecular weight is 531 g/mol. The van der Waals surface area contributed by atoms with Gasteiger partial charge in [0.2, 0.25) is 0 Å². The molecule has 1 unspecified atom stereocenters. The van der Waals surface area contributed by atoms with E-state index in [-0.39, 0.29) is 41.9 Å². The maximum atomic E-state index is 13.6. The van der Waals surface area contributed by atoms with E-state index in [1.165, 1.54) is 12.1 Å². The third kappa shape index (κ3) is 5.24. The Balaban J connectivity index is 1.34. The third-order valence-corrected chi connectivity index (χ3v) is 7.77. The van der Waals surface area contributed by atoms with E-state index in [9.17, 15) is 22.8 Å². The van der Waals surface area contributed by atoms with Crippen LogP contribution in [0.3, 0.4) is 0 Å². The van der Waals surface area contributed by atoms with Crippen molar-refractivity contribution < 1.29 is 17.9 Å². The number of hydrogen-bond donors (Lipinski definition) is 3. The standard InChI is InChI=1S/C28H33F3N4O3/c1-35(2)13-12-32-23-24(26(37)25(23)36)33-15-18-9-10-19-22(16-6-4-3-5-7-16)34-21-11-8-17(28(29,30)31)14-20(21)27(19)38-18/h3-6,8,11,14,16,18-19,22,27,32-34H,7,9-10,12-13,15H2,1-2H3/t16?,18-,19+,22+,27+/m1/s1. The topological polar surface area (TPSA) is 82.7 Å². The summed E-state index contributed by atoms with van der Waals surface area (Å²) in [5.41, 5.74) is -0.0921. The van der Waals surface area contributed by atoms with Crippen molar-refractivity contribution in [3.8, 4) is 0 Å². The second kappa shape index (κ2) is 10.6. The summed E-state index contributed by atoms with van der Waals surface area (Å²) >= 11 is 0. The molecule has 2 heterocycles. The number of alkyl halides is 3. The fourth-order valence-corrected chi connectivity index (χ4v) is 5.76. The van der Waals surface area contributed by atoms with Gasteiger partial charge in [0.05, 0.1) is 17.8 Å². The van der Waals surface area contributed by atoms with E-state index in [1.54, 1.807) is 0 Å². The minimum atomic E-state index is -4.45. The number of allylic oxidation sites excluding steroid dienone is 3. The summed E-state index contributed by atoms with van der Waals surface area (Å²) in [5.74, 6) is 0.207. The second-order valence-electron chi connectivity index (χ2n) is 10.6. The highest BCUT2D eigenvalue weighted by Gasteiger charge is 2.45. The zero-order valence-corrected chi connectivity index (χ0v) is 21.5. The van der Waals surface area contributed by atoms with Crippen LogP contribution in [0.5, 0.6) is 0 Å². The summed E-state index contributed by atoms with van der Waals surface area (Å²) in [6.45, 7) is 1.51. The Kier molecular flexibility index (Phi) is 7.37. The first-order valence-corrected chi connectivity index (χ1v) is 13.1. The molecule has 0 aromatic heterocycles. The van der Waals surface area contributed by atoms with Gasteiger partial charge in [-0.2, -0.15) is 13.2 Å². The van der Waals surface area contributed by atoms with Crippen LogP contribution in [0, 0.1) is 11.8 Å². The van der Waals surface area contributed by atoms with E-state index >= 15 is 0 Å². The summed E-state index contributed by atoms with van der Waals surface area (Å²) in [6, 6.07) is 3.84. The molecule has 10 heteroatoms. The Morgan fingerprint density at radius 1 is 1.08 bits per heavy atom. The number of ether oxygens (including phenoxy) is 1. The Hall–Kier alpha value is -3.11. The number of fused-ring (bicyclic) bond motifs is 3. The second-order valence-corrected chi connectivity index (χ2v) is 10.6. The molecule has 38 heavy (non-hydrogen) atoms. The van der Waals surface area contributed by atoms with Gasteiger partial charge >= 0.3 is 6.18 Å². The molecule has 0 radical (unpaired) electrons. The largest absolute Gasteiger partial charge is 0.416 e. The van der Waals surface area contributed by atoms with Gasteiger partial charge in [-0.05, 0) is 51.6 Å². The lowest BCUT2D eigenvalue weighted by molar-refractivity contribution is -0.138. The van der Waals surface area contributed by atoms with Gasteiger partial charge in [0.25, 0.3) is 10.9 Å². The Morgan fingerprint density at radius 3 is 2.53 bits per heavy atom. The van der Waals surface area contributed by atoms with Crippen LogP contribution < -0.4 is 26.8 Å². The van der Waals surface area contributed by atoms with Gasteiger partial charge in [0.1, 0.15) is 11.4 Å². The zero-order valence-electron chi connectivity index (χ0n) is 21.5. The lowest BCUT2D eigenvalue weighted by atomic mass is 9.73. The van der Waals surface area contributed by atoms with E-state index < -0.39 is 28.7 Å². The molecule has 2 aliphatic heterocycles. The molecular weight excluding hydrogens is 497 g/mol. The van der Waals surface area contributed by atoms with Crippen molar-refractivity contribution in [2.45, 2.75) is 43.7 Å². The maximum Gasteiger partial charge on any atom is 0.416 e. The van der Waals surface area contributed by atoms with E-state index in [4.69, 9.17) is 4.74 Å². The summed E-state index contributed by atoms with van der Waals surface area (Å²) in [6.07, 6.45) is 5.29. The van der Waals surface area contributed by atoms with Crippen molar-refractivity contribution in [1.29, 1.82) is 0 Å². The predicted molar refractivity (Wildman–Crippen MR) is 142 cm³/mol. The van der Waals surface area contributed by atoms with Gasteiger partial charge in [-0.3, -0.25) is 9.59 Å². The Morgan fingerprint density at radius 2 is 1.84 bits per heavy atom. The number of rotatable bonds is 8. The lowest BCUT2D eigenvalue weighted by Gasteiger charge is -2.47. The van der Waals surface area contributed by atoms with Crippen molar-refractivity contribution in [2.75, 3.05) is 49.7 Å². The van der Waals surface area contributed by atoms with Gasteiger partial charge < -0.3 is 25.6 Å². The summed E-state index contributed by atoms with van der Waals surface area (Å²) < 4.78 is 47.1. The summed E-state index contributed by atoms with van der Waals surface area (Å²) in [7, 11) is 3.83. The molecule has 2 aromatic carbocycles. The van der Waals surface area contributed by atoms with Crippen LogP contribution in [0.4, 0.5) is 30.2 Å². The highest BCUT2D eigenvalue weighted by atomic mass is 19.4. The summed E-state index contributed by atoms with van der Waals surface area (Å²) in [5, 5.41) is 9.63. The van der Waals surface area contributed by atoms with Crippen molar-refractivity contribution in [3.63, 3.8) is 0 Å². The molecule has 1 saturated heterocycles. The van der Waals surface area contributed by atoms with E-state index in [0.717, 1.165) is 18.9 Å². The molecule has 3 N–H and O–H groups in total. The number of benzene rings is 1. The predicted octanol–water partition coefficient (Wildman–Crippen LogP) is 4.15. The van der Waals surface area contributed by atoms with Crippen LogP contribution >= 0.6 is 0 Å². The molecule has 1 fully saturated rings. The van der Waals surface area contributed by atoms with E-state index in [1.807, 2.05) is 31.1 Å². The normalized spacial score (nSPS) is 26.6. The maximum absolute atomic E-state index is 13.6. The number of nitrogens with zero attached hydrogens (tertiary/aromatic N) is 1. The number of anilines is 3. The van der Waals surface area contributed by atoms with Crippen molar-refractivity contribution in [1.82, 2.24) is 4.90 Å². The molecular formula is C28H33F3N4O3. The van der Waals surface area contributed by atoms with Gasteiger partial charge in [-0.15, -0.1) is 0 Å². The molecule has 204 valence electrons. The Bertz CT molecular complexity index is 1300. The smallest absolute Gasteiger partial charge is 0.381 e. The summed E-state index contributed by atoms with van der Waals surface area (Å²) in [4.78, 5) is 26.2. The van der Waals surface area contributed by atoms with Crippen molar-refractivity contribution in [3.05, 3.63) is 74.1 Å². The van der Waals surface area contributed by atoms with Crippen LogP contribution in [-0.2, 0) is 10.9 Å². The highest BCUT2D eigenvalue weighted by molar-refractivity contribution is 5.74. The van der Waals surface area contributed by atoms with Gasteiger partial charge in [-0.1, -0.05) is 24.3 Å². The van der Waals surface area contributed by atoms with Crippen LogP contribution in [0.1, 0.15) is 36.5 Å². The van der Waals surface area contributed by atoms with Crippen LogP contribution in [0.15, 0.2) is 52.1 Å². The molecule has 5 atom stereocenters. The van der Waals surface area contributed by atoms with Crippen LogP contribution in [0.2, 0.25) is 0 Å². The first kappa shape index (κ1) is 26.5. The molecule has 5 rings (SSSR count). The van der Waals surface area contributed by atoms with E-state index in [2.05, 4.69) is 28.1 Å². The van der Waals surface area contributed by atoms with Crippen LogP contribution in [0.25, 0.3) is 0 Å². The minimum Gasteiger partial charge on any atom is -0.381 e. The molecule has 0 spiro atoms. The lowest BCUT2D eigenvalue weighted by Crippen LogP contribution is -2.48. The molecule has 7 nitrogen and oxygen atoms in total. The van der Waals surface area contributed by atoms with Crippen molar-refractivity contribution >= 4 is 17.1 Å². The van der Waals surface area contributed by atoms with E-state index in [0.29, 0.717) is 30.8 Å². The molecule has 0 saturated carbocycles. The fourth-order valence-electron chi connectivity index (χ4n) is 5.76. The zero-order chi connectivity index (χ0) is 27.0. The molecule has 0 amide bonds. The first-order valence-electron chi connectivity index (χ1n) is 13.1. The highest BCUT2D eigenvalue weighted by Crippen LogP contribution is 2.49. The molecule has 2 aromatic rings. The average Bonchev–Trinajstić information content (AvgIpc) is 2.90. The quantitative estimate of drug-likeness (QED) is 0.443. The number of likely N-dealkylation sites (N-methyl/N-ethyl adjacent to an activating group) is 1. The van der Waals surface area contributed by atoms with Crippen LogP contribution in [-0.4, -0.2) is 50.8 Å². The SMILES string of the molecule is CN(C)CCNc1c(NC[C@H]2CC[C@@H]3[C@H](O2)c2cc(C(F)(F)F)ccc2N[C@H]3C2C=CC=CC2)c(=O)c1=O. The number of halogens is 3. The monoisotopic (exact) mass is 530 g/mol. The molecule has 1 aliphatic carbocycles. The number of hydrogen-bond acceptors (Lipinski definition) is 7. The number of nitrogens with one attached hydrogen (secondary N) is 3. The first-order chi connectivity index (χ1) is 18.1. The third-order valence-electron chi connectivity index (χ3n) is 7.77. The van der Waals surface area contributed by atoms with Gasteiger partial charge in [0.15, 0.2) is 0 Å². The van der Waals surface area contributed by atoms with Crippen molar-refractivity contribution in [2.24, 2.45) is 11.8 Å². The Labute approximate surface area is 219 Å². The van der Waals surface area contributed by atoms with Gasteiger partial charge in [0, 0.05) is 48.8 Å². The fraction of sp³-hybridized carbons (Fsp3) is 0.500. The molecule has 0 bridgehead atoms.